The van der Waals surface area contributed by atoms with E-state index >= 15 is 0 Å². The van der Waals surface area contributed by atoms with Crippen LogP contribution >= 0.6 is 12.2 Å². The molecule has 15 heavy (non-hydrogen) atoms. The first-order valence-electron chi connectivity index (χ1n) is 5.13. The Labute approximate surface area is 92.9 Å². The Balaban J connectivity index is 1.81. The second-order valence-corrected chi connectivity index (χ2v) is 4.21. The Kier molecular flexibility index (Phi) is 3.33. The number of aromatic nitrogens is 2. The van der Waals surface area contributed by atoms with Crippen LogP contribution in [0.3, 0.4) is 0 Å². The molecule has 2 rings (SSSR count). The molecule has 0 aliphatic heterocycles. The van der Waals surface area contributed by atoms with E-state index < -0.39 is 0 Å². The third-order valence-electron chi connectivity index (χ3n) is 2.42. The number of ether oxygens (including phenoxy) is 1. The summed E-state index contributed by atoms with van der Waals surface area (Å²) in [7, 11) is 0. The number of nitrogens with one attached hydrogen (secondary N) is 1. The minimum atomic E-state index is -0.157. The molecule has 1 aliphatic carbocycles. The van der Waals surface area contributed by atoms with Gasteiger partial charge in [-0.15, -0.1) is 0 Å². The molecule has 82 valence electrons. The summed E-state index contributed by atoms with van der Waals surface area (Å²) in [4.78, 5) is 13.5. The summed E-state index contributed by atoms with van der Waals surface area (Å²) in [5, 5.41) is 0. The van der Waals surface area contributed by atoms with E-state index in [2.05, 4.69) is 4.98 Å². The van der Waals surface area contributed by atoms with Crippen molar-refractivity contribution in [3.8, 4) is 0 Å². The first kappa shape index (κ1) is 10.6. The maximum atomic E-state index is 10.9. The molecule has 1 aromatic rings. The number of rotatable bonds is 5. The van der Waals surface area contributed by atoms with Gasteiger partial charge >= 0.3 is 0 Å². The van der Waals surface area contributed by atoms with Crippen molar-refractivity contribution in [3.63, 3.8) is 0 Å². The molecule has 0 radical (unpaired) electrons. The first-order valence-corrected chi connectivity index (χ1v) is 5.54. The zero-order valence-corrected chi connectivity index (χ0v) is 9.26. The molecule has 0 spiro atoms. The quantitative estimate of drug-likeness (QED) is 0.608. The Morgan fingerprint density at radius 1 is 1.60 bits per heavy atom. The zero-order valence-electron chi connectivity index (χ0n) is 8.44. The molecule has 0 unspecified atom stereocenters. The molecule has 5 heteroatoms. The summed E-state index contributed by atoms with van der Waals surface area (Å²) in [6, 6.07) is 1.47. The highest BCUT2D eigenvalue weighted by atomic mass is 32.1. The molecule has 1 saturated carbocycles. The lowest BCUT2D eigenvalue weighted by molar-refractivity contribution is 0.116. The van der Waals surface area contributed by atoms with E-state index in [-0.39, 0.29) is 5.56 Å². The maximum absolute atomic E-state index is 10.9. The molecule has 1 aromatic heterocycles. The summed E-state index contributed by atoms with van der Waals surface area (Å²) in [6.07, 6.45) is 4.30. The van der Waals surface area contributed by atoms with Gasteiger partial charge in [-0.2, -0.15) is 0 Å². The molecular weight excluding hydrogens is 212 g/mol. The molecule has 1 aliphatic rings. The second-order valence-electron chi connectivity index (χ2n) is 3.82. The van der Waals surface area contributed by atoms with Crippen LogP contribution in [0.25, 0.3) is 0 Å². The fourth-order valence-electron chi connectivity index (χ4n) is 1.32. The van der Waals surface area contributed by atoms with Crippen LogP contribution in [0.1, 0.15) is 12.8 Å². The number of nitrogens with zero attached hydrogens (tertiary/aromatic N) is 1. The predicted octanol–water partition coefficient (Wildman–Crippen LogP) is 1.33. The van der Waals surface area contributed by atoms with E-state index in [1.165, 1.54) is 18.9 Å². The van der Waals surface area contributed by atoms with Gasteiger partial charge in [-0.3, -0.25) is 9.78 Å². The molecule has 0 aromatic carbocycles. The van der Waals surface area contributed by atoms with Gasteiger partial charge in [0.15, 0.2) is 4.77 Å². The van der Waals surface area contributed by atoms with E-state index in [9.17, 15) is 4.79 Å². The lowest BCUT2D eigenvalue weighted by Gasteiger charge is -2.06. The van der Waals surface area contributed by atoms with E-state index in [0.29, 0.717) is 17.9 Å². The van der Waals surface area contributed by atoms with E-state index in [0.717, 1.165) is 12.5 Å². The Morgan fingerprint density at radius 3 is 3.07 bits per heavy atom. The Hall–Kier alpha value is -0.940. The summed E-state index contributed by atoms with van der Waals surface area (Å²) >= 11 is 5.00. The van der Waals surface area contributed by atoms with Gasteiger partial charge in [0, 0.05) is 25.4 Å². The molecule has 0 saturated heterocycles. The van der Waals surface area contributed by atoms with Gasteiger partial charge in [-0.1, -0.05) is 0 Å². The van der Waals surface area contributed by atoms with Crippen LogP contribution in [-0.4, -0.2) is 22.8 Å². The summed E-state index contributed by atoms with van der Waals surface area (Å²) in [5.41, 5.74) is -0.157. The Morgan fingerprint density at radius 2 is 2.40 bits per heavy atom. The van der Waals surface area contributed by atoms with Crippen LogP contribution in [0.15, 0.2) is 17.1 Å². The fraction of sp³-hybridized carbons (Fsp3) is 0.600. The van der Waals surface area contributed by atoms with Crippen LogP contribution in [0.2, 0.25) is 0 Å². The first-order chi connectivity index (χ1) is 7.25. The van der Waals surface area contributed by atoms with Gasteiger partial charge in [0.05, 0.1) is 6.61 Å². The average Bonchev–Trinajstić information content (AvgIpc) is 2.99. The zero-order chi connectivity index (χ0) is 10.7. The lowest BCUT2D eigenvalue weighted by atomic mass is 10.5. The second kappa shape index (κ2) is 4.72. The highest BCUT2D eigenvalue weighted by Gasteiger charge is 2.20. The molecule has 0 bridgehead atoms. The fourth-order valence-corrected chi connectivity index (χ4v) is 1.57. The van der Waals surface area contributed by atoms with Gasteiger partial charge in [-0.05, 0) is 31.0 Å². The van der Waals surface area contributed by atoms with Crippen molar-refractivity contribution >= 4 is 12.2 Å². The van der Waals surface area contributed by atoms with Gasteiger partial charge in [-0.25, -0.2) is 0 Å². The largest absolute Gasteiger partial charge is 0.379 e. The van der Waals surface area contributed by atoms with Gasteiger partial charge in [0.1, 0.15) is 0 Å². The number of hydrogen-bond donors (Lipinski definition) is 1. The highest BCUT2D eigenvalue weighted by Crippen LogP contribution is 2.28. The highest BCUT2D eigenvalue weighted by molar-refractivity contribution is 7.71. The van der Waals surface area contributed by atoms with Gasteiger partial charge in [0.25, 0.3) is 5.56 Å². The van der Waals surface area contributed by atoms with Crippen LogP contribution < -0.4 is 5.56 Å². The average molecular weight is 226 g/mol. The topological polar surface area (TPSA) is 47.0 Å². The predicted molar refractivity (Wildman–Crippen MR) is 59.4 cm³/mol. The third kappa shape index (κ3) is 3.28. The lowest BCUT2D eigenvalue weighted by Crippen LogP contribution is -2.14. The summed E-state index contributed by atoms with van der Waals surface area (Å²) in [5.74, 6) is 0.786. The smallest absolute Gasteiger partial charge is 0.251 e. The molecule has 4 nitrogen and oxygen atoms in total. The molecule has 0 amide bonds. The number of H-pyrrole nitrogens is 1. The molecule has 0 atom stereocenters. The van der Waals surface area contributed by atoms with Crippen molar-refractivity contribution in [2.75, 3.05) is 13.2 Å². The third-order valence-corrected chi connectivity index (χ3v) is 2.76. The summed E-state index contributed by atoms with van der Waals surface area (Å²) < 4.78 is 7.75. The van der Waals surface area contributed by atoms with E-state index in [4.69, 9.17) is 17.0 Å². The molecule has 1 heterocycles. The van der Waals surface area contributed by atoms with Gasteiger partial charge < -0.3 is 9.30 Å². The van der Waals surface area contributed by atoms with Crippen LogP contribution in [-0.2, 0) is 11.3 Å². The van der Waals surface area contributed by atoms with Crippen molar-refractivity contribution in [2.45, 2.75) is 19.4 Å². The van der Waals surface area contributed by atoms with Crippen molar-refractivity contribution in [3.05, 3.63) is 27.4 Å². The molecule has 1 fully saturated rings. The normalized spacial score (nSPS) is 15.5. The minimum Gasteiger partial charge on any atom is -0.379 e. The van der Waals surface area contributed by atoms with E-state index in [1.807, 2.05) is 4.57 Å². The van der Waals surface area contributed by atoms with Crippen LogP contribution in [0, 0.1) is 10.7 Å². The van der Waals surface area contributed by atoms with E-state index in [1.54, 1.807) is 6.20 Å². The standard InChI is InChI=1S/C10H14N2O2S/c13-9-3-4-12(10(15)11-9)5-6-14-7-8-1-2-8/h3-4,8H,1-2,5-7H2,(H,11,13,15). The molecule has 1 N–H and O–H groups in total. The number of aromatic amines is 1. The van der Waals surface area contributed by atoms with Crippen LogP contribution in [0.5, 0.6) is 0 Å². The van der Waals surface area contributed by atoms with Crippen molar-refractivity contribution < 1.29 is 4.74 Å². The minimum absolute atomic E-state index is 0.157. The van der Waals surface area contributed by atoms with Crippen molar-refractivity contribution in [1.29, 1.82) is 0 Å². The summed E-state index contributed by atoms with van der Waals surface area (Å²) in [6.45, 7) is 2.20. The maximum Gasteiger partial charge on any atom is 0.251 e. The Bertz CT molecular complexity index is 434. The number of hydrogen-bond acceptors (Lipinski definition) is 3. The monoisotopic (exact) mass is 226 g/mol. The van der Waals surface area contributed by atoms with Crippen LogP contribution in [0.4, 0.5) is 0 Å². The SMILES string of the molecule is O=c1ccn(CCOCC2CC2)c(=S)[nH]1. The molecular formula is C10H14N2O2S. The van der Waals surface area contributed by atoms with Crippen molar-refractivity contribution in [1.82, 2.24) is 9.55 Å². The van der Waals surface area contributed by atoms with Gasteiger partial charge in [0.2, 0.25) is 0 Å². The van der Waals surface area contributed by atoms with Crippen molar-refractivity contribution in [2.24, 2.45) is 5.92 Å².